The van der Waals surface area contributed by atoms with Crippen molar-refractivity contribution in [1.82, 2.24) is 5.32 Å². The van der Waals surface area contributed by atoms with Crippen LogP contribution in [0.15, 0.2) is 46.9 Å². The van der Waals surface area contributed by atoms with E-state index in [2.05, 4.69) is 21.2 Å². The molecule has 0 bridgehead atoms. The molecule has 104 valence electrons. The van der Waals surface area contributed by atoms with Crippen molar-refractivity contribution in [3.63, 3.8) is 0 Å². The van der Waals surface area contributed by atoms with Crippen LogP contribution in [0, 0.1) is 9.39 Å². The maximum atomic E-state index is 13.0. The van der Waals surface area contributed by atoms with Gasteiger partial charge in [0.15, 0.2) is 0 Å². The highest BCUT2D eigenvalue weighted by molar-refractivity contribution is 14.1. The van der Waals surface area contributed by atoms with Gasteiger partial charge >= 0.3 is 0 Å². The van der Waals surface area contributed by atoms with Gasteiger partial charge in [-0.15, -0.1) is 0 Å². The minimum Gasteiger partial charge on any atom is -0.345 e. The van der Waals surface area contributed by atoms with Crippen LogP contribution in [0.1, 0.15) is 28.9 Å². The van der Waals surface area contributed by atoms with E-state index in [0.717, 1.165) is 10.0 Å². The average molecular weight is 448 g/mol. The van der Waals surface area contributed by atoms with Crippen LogP contribution < -0.4 is 5.32 Å². The first-order valence-electron chi connectivity index (χ1n) is 5.99. The van der Waals surface area contributed by atoms with Crippen LogP contribution in [0.2, 0.25) is 0 Å². The van der Waals surface area contributed by atoms with E-state index in [4.69, 9.17) is 0 Å². The van der Waals surface area contributed by atoms with Crippen molar-refractivity contribution in [2.75, 3.05) is 0 Å². The third-order valence-corrected chi connectivity index (χ3v) is 4.51. The van der Waals surface area contributed by atoms with Gasteiger partial charge in [-0.25, -0.2) is 4.39 Å². The normalized spacial score (nSPS) is 12.0. The van der Waals surface area contributed by atoms with Crippen molar-refractivity contribution in [2.24, 2.45) is 0 Å². The molecule has 0 aromatic heterocycles. The molecule has 2 rings (SSSR count). The Morgan fingerprint density at radius 3 is 2.65 bits per heavy atom. The second-order valence-electron chi connectivity index (χ2n) is 4.34. The number of hydrogen-bond acceptors (Lipinski definition) is 1. The monoisotopic (exact) mass is 447 g/mol. The van der Waals surface area contributed by atoms with Gasteiger partial charge in [0.05, 0.1) is 11.6 Å². The van der Waals surface area contributed by atoms with Crippen LogP contribution in [0.25, 0.3) is 0 Å². The van der Waals surface area contributed by atoms with E-state index in [0.29, 0.717) is 9.13 Å². The Morgan fingerprint density at radius 1 is 1.30 bits per heavy atom. The van der Waals surface area contributed by atoms with Crippen molar-refractivity contribution >= 4 is 44.4 Å². The summed E-state index contributed by atoms with van der Waals surface area (Å²) in [5, 5.41) is 2.92. The highest BCUT2D eigenvalue weighted by Gasteiger charge is 2.15. The molecule has 0 aliphatic rings. The SMILES string of the molecule is CC(NC(=O)c1ccc(F)cc1I)c1ccccc1Br. The Hall–Kier alpha value is -0.950. The predicted octanol–water partition coefficient (Wildman–Crippen LogP) is 4.68. The third kappa shape index (κ3) is 3.58. The second kappa shape index (κ2) is 6.67. The van der Waals surface area contributed by atoms with Crippen LogP contribution in [-0.2, 0) is 0 Å². The average Bonchev–Trinajstić information content (AvgIpc) is 2.38. The van der Waals surface area contributed by atoms with Gasteiger partial charge < -0.3 is 5.32 Å². The molecule has 1 atom stereocenters. The number of rotatable bonds is 3. The Labute approximate surface area is 139 Å². The zero-order valence-corrected chi connectivity index (χ0v) is 14.4. The van der Waals surface area contributed by atoms with Crippen LogP contribution in [0.4, 0.5) is 4.39 Å². The minimum absolute atomic E-state index is 0.140. The van der Waals surface area contributed by atoms with Gasteiger partial charge in [-0.05, 0) is 59.3 Å². The fourth-order valence-corrected chi connectivity index (χ4v) is 3.20. The molecule has 0 saturated heterocycles. The van der Waals surface area contributed by atoms with Gasteiger partial charge in [0.1, 0.15) is 5.82 Å². The zero-order chi connectivity index (χ0) is 14.7. The first-order chi connectivity index (χ1) is 9.49. The molecule has 0 fully saturated rings. The summed E-state index contributed by atoms with van der Waals surface area (Å²) in [6.07, 6.45) is 0. The van der Waals surface area contributed by atoms with E-state index in [9.17, 15) is 9.18 Å². The molecule has 2 aromatic rings. The third-order valence-electron chi connectivity index (χ3n) is 2.90. The lowest BCUT2D eigenvalue weighted by atomic mass is 10.1. The second-order valence-corrected chi connectivity index (χ2v) is 6.36. The van der Waals surface area contributed by atoms with E-state index in [1.54, 1.807) is 0 Å². The zero-order valence-electron chi connectivity index (χ0n) is 10.7. The molecular weight excluding hydrogens is 436 g/mol. The summed E-state index contributed by atoms with van der Waals surface area (Å²) in [5.41, 5.74) is 1.48. The highest BCUT2D eigenvalue weighted by Crippen LogP contribution is 2.23. The van der Waals surface area contributed by atoms with Crippen molar-refractivity contribution in [1.29, 1.82) is 0 Å². The molecule has 0 aliphatic carbocycles. The molecule has 1 N–H and O–H groups in total. The minimum atomic E-state index is -0.343. The lowest BCUT2D eigenvalue weighted by Gasteiger charge is -2.16. The number of hydrogen-bond donors (Lipinski definition) is 1. The van der Waals surface area contributed by atoms with Crippen LogP contribution >= 0.6 is 38.5 Å². The Morgan fingerprint density at radius 2 is 2.00 bits per heavy atom. The summed E-state index contributed by atoms with van der Waals surface area (Å²) in [5.74, 6) is -0.553. The lowest BCUT2D eigenvalue weighted by Crippen LogP contribution is -2.27. The van der Waals surface area contributed by atoms with Gasteiger partial charge in [-0.3, -0.25) is 4.79 Å². The molecule has 2 nitrogen and oxygen atoms in total. The van der Waals surface area contributed by atoms with E-state index < -0.39 is 0 Å². The summed E-state index contributed by atoms with van der Waals surface area (Å²) in [6.45, 7) is 1.91. The maximum Gasteiger partial charge on any atom is 0.252 e. The summed E-state index contributed by atoms with van der Waals surface area (Å²) < 4.78 is 14.6. The Balaban J connectivity index is 2.17. The number of halogens is 3. The fourth-order valence-electron chi connectivity index (χ4n) is 1.85. The van der Waals surface area contributed by atoms with E-state index in [1.165, 1.54) is 18.2 Å². The summed E-state index contributed by atoms with van der Waals surface area (Å²) in [7, 11) is 0. The molecule has 1 amide bonds. The first kappa shape index (κ1) is 15.4. The predicted molar refractivity (Wildman–Crippen MR) is 89.1 cm³/mol. The van der Waals surface area contributed by atoms with E-state index in [1.807, 2.05) is 53.8 Å². The van der Waals surface area contributed by atoms with Crippen LogP contribution in [0.5, 0.6) is 0 Å². The molecule has 20 heavy (non-hydrogen) atoms. The van der Waals surface area contributed by atoms with Gasteiger partial charge in [0, 0.05) is 8.04 Å². The smallest absolute Gasteiger partial charge is 0.252 e. The Kier molecular flexibility index (Phi) is 5.15. The molecule has 0 radical (unpaired) electrons. The summed E-state index contributed by atoms with van der Waals surface area (Å²) in [6, 6.07) is 11.7. The number of amides is 1. The molecular formula is C15H12BrFINO. The molecule has 0 spiro atoms. The number of carbonyl (C=O) groups is 1. The quantitative estimate of drug-likeness (QED) is 0.680. The molecule has 1 unspecified atom stereocenters. The van der Waals surface area contributed by atoms with Crippen LogP contribution in [-0.4, -0.2) is 5.91 Å². The van der Waals surface area contributed by atoms with E-state index >= 15 is 0 Å². The van der Waals surface area contributed by atoms with Gasteiger partial charge in [-0.1, -0.05) is 34.1 Å². The molecule has 5 heteroatoms. The maximum absolute atomic E-state index is 13.0. The summed E-state index contributed by atoms with van der Waals surface area (Å²) >= 11 is 5.42. The molecule has 0 saturated carbocycles. The van der Waals surface area contributed by atoms with Crippen molar-refractivity contribution in [2.45, 2.75) is 13.0 Å². The van der Waals surface area contributed by atoms with Gasteiger partial charge in [0.2, 0.25) is 0 Å². The van der Waals surface area contributed by atoms with Crippen molar-refractivity contribution in [3.8, 4) is 0 Å². The topological polar surface area (TPSA) is 29.1 Å². The van der Waals surface area contributed by atoms with E-state index in [-0.39, 0.29) is 17.8 Å². The summed E-state index contributed by atoms with van der Waals surface area (Å²) in [4.78, 5) is 12.2. The Bertz CT molecular complexity index is 648. The molecule has 2 aromatic carbocycles. The highest BCUT2D eigenvalue weighted by atomic mass is 127. The van der Waals surface area contributed by atoms with Gasteiger partial charge in [-0.2, -0.15) is 0 Å². The molecule has 0 aliphatic heterocycles. The molecule has 0 heterocycles. The number of nitrogens with one attached hydrogen (secondary N) is 1. The van der Waals surface area contributed by atoms with Crippen molar-refractivity contribution < 1.29 is 9.18 Å². The van der Waals surface area contributed by atoms with Gasteiger partial charge in [0.25, 0.3) is 5.91 Å². The standard InChI is InChI=1S/C15H12BrFINO/c1-9(11-4-2-3-5-13(11)16)19-15(20)12-7-6-10(17)8-14(12)18/h2-9H,1H3,(H,19,20). The lowest BCUT2D eigenvalue weighted by molar-refractivity contribution is 0.0939. The first-order valence-corrected chi connectivity index (χ1v) is 7.86. The van der Waals surface area contributed by atoms with Crippen molar-refractivity contribution in [3.05, 3.63) is 67.5 Å². The van der Waals surface area contributed by atoms with Crippen LogP contribution in [0.3, 0.4) is 0 Å². The number of benzene rings is 2. The fraction of sp³-hybridized carbons (Fsp3) is 0.133. The number of carbonyl (C=O) groups excluding carboxylic acids is 1. The largest absolute Gasteiger partial charge is 0.345 e.